The molecule has 0 aromatic heterocycles. The SMILES string of the molecule is CC(C)[N+]1(C)CCCCC1.[I-]. The second-order valence-corrected chi connectivity index (χ2v) is 4.08. The molecule has 0 aliphatic carbocycles. The van der Waals surface area contributed by atoms with Crippen LogP contribution in [0.4, 0.5) is 0 Å². The predicted octanol–water partition coefficient (Wildman–Crippen LogP) is -0.971. The molecule has 68 valence electrons. The van der Waals surface area contributed by atoms with Crippen LogP contribution in [0.2, 0.25) is 0 Å². The minimum Gasteiger partial charge on any atom is -1.00 e. The van der Waals surface area contributed by atoms with E-state index in [4.69, 9.17) is 0 Å². The molecule has 11 heavy (non-hydrogen) atoms. The van der Waals surface area contributed by atoms with Crippen LogP contribution in [0.1, 0.15) is 33.1 Å². The molecule has 1 aliphatic rings. The Kier molecular flexibility index (Phi) is 4.94. The highest BCUT2D eigenvalue weighted by molar-refractivity contribution is 4.53. The van der Waals surface area contributed by atoms with E-state index < -0.39 is 0 Å². The maximum Gasteiger partial charge on any atom is 0.0831 e. The molecule has 1 aliphatic heterocycles. The molecule has 1 nitrogen and oxygen atoms in total. The van der Waals surface area contributed by atoms with Gasteiger partial charge in [0, 0.05) is 0 Å². The average Bonchev–Trinajstić information content (AvgIpc) is 1.89. The molecule has 0 amide bonds. The quantitative estimate of drug-likeness (QED) is 0.424. The van der Waals surface area contributed by atoms with Crippen molar-refractivity contribution in [1.29, 1.82) is 0 Å². The van der Waals surface area contributed by atoms with Crippen LogP contribution in [0.15, 0.2) is 0 Å². The van der Waals surface area contributed by atoms with Crippen molar-refractivity contribution in [2.24, 2.45) is 0 Å². The highest BCUT2D eigenvalue weighted by Crippen LogP contribution is 2.19. The predicted molar refractivity (Wildman–Crippen MR) is 44.9 cm³/mol. The highest BCUT2D eigenvalue weighted by atomic mass is 127. The molecule has 0 aromatic carbocycles. The first kappa shape index (κ1) is 11.7. The number of likely N-dealkylation sites (tertiary alicyclic amines) is 1. The first-order valence-electron chi connectivity index (χ1n) is 4.49. The molecule has 0 spiro atoms. The first-order chi connectivity index (χ1) is 4.65. The van der Waals surface area contributed by atoms with Crippen LogP contribution in [-0.2, 0) is 0 Å². The number of piperidine rings is 1. The molecule has 1 saturated heterocycles. The monoisotopic (exact) mass is 269 g/mol. The summed E-state index contributed by atoms with van der Waals surface area (Å²) in [6.07, 6.45) is 4.34. The van der Waals surface area contributed by atoms with E-state index in [1.165, 1.54) is 36.8 Å². The van der Waals surface area contributed by atoms with E-state index in [9.17, 15) is 0 Å². The lowest BCUT2D eigenvalue weighted by Crippen LogP contribution is -3.00. The fraction of sp³-hybridized carbons (Fsp3) is 1.00. The summed E-state index contributed by atoms with van der Waals surface area (Å²) in [5.41, 5.74) is 0. The summed E-state index contributed by atoms with van der Waals surface area (Å²) in [5.74, 6) is 0. The second kappa shape index (κ2) is 4.65. The van der Waals surface area contributed by atoms with E-state index in [2.05, 4.69) is 20.9 Å². The largest absolute Gasteiger partial charge is 1.00 e. The van der Waals surface area contributed by atoms with Gasteiger partial charge in [-0.05, 0) is 33.1 Å². The lowest BCUT2D eigenvalue weighted by Gasteiger charge is -2.41. The number of hydrogen-bond donors (Lipinski definition) is 0. The summed E-state index contributed by atoms with van der Waals surface area (Å²) in [6.45, 7) is 7.48. The summed E-state index contributed by atoms with van der Waals surface area (Å²) < 4.78 is 1.31. The normalized spacial score (nSPS) is 22.9. The molecule has 0 aromatic rings. The number of nitrogens with zero attached hydrogens (tertiary/aromatic N) is 1. The molecule has 0 radical (unpaired) electrons. The van der Waals surface area contributed by atoms with Crippen molar-refractivity contribution in [2.45, 2.75) is 39.2 Å². The third kappa shape index (κ3) is 2.90. The average molecular weight is 269 g/mol. The second-order valence-electron chi connectivity index (χ2n) is 4.08. The van der Waals surface area contributed by atoms with Crippen molar-refractivity contribution in [2.75, 3.05) is 20.1 Å². The van der Waals surface area contributed by atoms with Crippen molar-refractivity contribution >= 4 is 0 Å². The fourth-order valence-corrected chi connectivity index (χ4v) is 1.75. The van der Waals surface area contributed by atoms with E-state index in [-0.39, 0.29) is 24.0 Å². The van der Waals surface area contributed by atoms with E-state index in [0.29, 0.717) is 0 Å². The van der Waals surface area contributed by atoms with Crippen LogP contribution in [-0.4, -0.2) is 30.7 Å². The lowest BCUT2D eigenvalue weighted by molar-refractivity contribution is -0.933. The fourth-order valence-electron chi connectivity index (χ4n) is 1.75. The summed E-state index contributed by atoms with van der Waals surface area (Å²) >= 11 is 0. The van der Waals surface area contributed by atoms with Gasteiger partial charge in [-0.15, -0.1) is 0 Å². The zero-order valence-corrected chi connectivity index (χ0v) is 10.1. The Morgan fingerprint density at radius 1 is 1.00 bits per heavy atom. The van der Waals surface area contributed by atoms with E-state index in [1.54, 1.807) is 0 Å². The Morgan fingerprint density at radius 2 is 1.45 bits per heavy atom. The van der Waals surface area contributed by atoms with Crippen LogP contribution >= 0.6 is 0 Å². The molecule has 1 heterocycles. The Labute approximate surface area is 87.8 Å². The number of quaternary nitrogens is 1. The zero-order chi connectivity index (χ0) is 7.61. The number of rotatable bonds is 1. The van der Waals surface area contributed by atoms with Crippen molar-refractivity contribution < 1.29 is 28.5 Å². The van der Waals surface area contributed by atoms with E-state index >= 15 is 0 Å². The summed E-state index contributed by atoms with van der Waals surface area (Å²) in [5, 5.41) is 0. The van der Waals surface area contributed by atoms with Gasteiger partial charge in [0.05, 0.1) is 26.2 Å². The molecular weight excluding hydrogens is 249 g/mol. The smallest absolute Gasteiger partial charge is 0.0831 e. The molecule has 0 unspecified atom stereocenters. The summed E-state index contributed by atoms with van der Waals surface area (Å²) in [6, 6.07) is 0.820. The van der Waals surface area contributed by atoms with Gasteiger partial charge in [-0.2, -0.15) is 0 Å². The molecule has 2 heteroatoms. The third-order valence-corrected chi connectivity index (χ3v) is 3.08. The Bertz CT molecular complexity index is 106. The summed E-state index contributed by atoms with van der Waals surface area (Å²) in [4.78, 5) is 0. The molecule has 0 bridgehead atoms. The summed E-state index contributed by atoms with van der Waals surface area (Å²) in [7, 11) is 2.39. The first-order valence-corrected chi connectivity index (χ1v) is 4.49. The molecule has 0 N–H and O–H groups in total. The van der Waals surface area contributed by atoms with Crippen molar-refractivity contribution in [1.82, 2.24) is 0 Å². The van der Waals surface area contributed by atoms with Crippen LogP contribution in [0.3, 0.4) is 0 Å². The van der Waals surface area contributed by atoms with Crippen molar-refractivity contribution in [3.63, 3.8) is 0 Å². The third-order valence-electron chi connectivity index (χ3n) is 3.08. The Morgan fingerprint density at radius 3 is 1.73 bits per heavy atom. The van der Waals surface area contributed by atoms with E-state index in [0.717, 1.165) is 6.04 Å². The Balaban J connectivity index is 0.000001000. The van der Waals surface area contributed by atoms with Gasteiger partial charge in [0.2, 0.25) is 0 Å². The highest BCUT2D eigenvalue weighted by Gasteiger charge is 2.27. The van der Waals surface area contributed by atoms with Gasteiger partial charge in [0.25, 0.3) is 0 Å². The lowest BCUT2D eigenvalue weighted by atomic mass is 10.1. The van der Waals surface area contributed by atoms with Crippen LogP contribution in [0.25, 0.3) is 0 Å². The maximum atomic E-state index is 2.39. The van der Waals surface area contributed by atoms with Gasteiger partial charge in [-0.1, -0.05) is 0 Å². The molecule has 1 rings (SSSR count). The standard InChI is InChI=1S/C9H20N.HI/c1-9(2)10(3)7-5-4-6-8-10;/h9H,4-8H2,1-3H3;1H/q+1;/p-1. The van der Waals surface area contributed by atoms with Gasteiger partial charge >= 0.3 is 0 Å². The molecular formula is C9H20IN. The van der Waals surface area contributed by atoms with Crippen LogP contribution in [0.5, 0.6) is 0 Å². The molecule has 0 saturated carbocycles. The number of halogens is 1. The Hall–Kier alpha value is 0.690. The van der Waals surface area contributed by atoms with Crippen LogP contribution < -0.4 is 24.0 Å². The van der Waals surface area contributed by atoms with Crippen LogP contribution in [0, 0.1) is 0 Å². The number of hydrogen-bond acceptors (Lipinski definition) is 0. The minimum absolute atomic E-state index is 0. The minimum atomic E-state index is 0. The topological polar surface area (TPSA) is 0 Å². The van der Waals surface area contributed by atoms with Crippen molar-refractivity contribution in [3.8, 4) is 0 Å². The zero-order valence-electron chi connectivity index (χ0n) is 7.94. The van der Waals surface area contributed by atoms with Gasteiger partial charge in [-0.25, -0.2) is 0 Å². The van der Waals surface area contributed by atoms with E-state index in [1.807, 2.05) is 0 Å². The van der Waals surface area contributed by atoms with Gasteiger partial charge in [0.1, 0.15) is 0 Å². The van der Waals surface area contributed by atoms with Gasteiger partial charge in [-0.3, -0.25) is 0 Å². The molecule has 0 atom stereocenters. The van der Waals surface area contributed by atoms with Crippen molar-refractivity contribution in [3.05, 3.63) is 0 Å². The van der Waals surface area contributed by atoms with Gasteiger partial charge < -0.3 is 28.5 Å². The maximum absolute atomic E-state index is 2.39. The van der Waals surface area contributed by atoms with Gasteiger partial charge in [0.15, 0.2) is 0 Å². The molecule has 1 fully saturated rings.